The van der Waals surface area contributed by atoms with Gasteiger partial charge >= 0.3 is 12.2 Å². The Morgan fingerprint density at radius 3 is 1.54 bits per heavy atom. The van der Waals surface area contributed by atoms with E-state index in [9.17, 15) is 19.5 Å². The molecule has 446 valence electrons. The van der Waals surface area contributed by atoms with Gasteiger partial charge in [0, 0.05) is 37.8 Å². The molecule has 4 aliphatic heterocycles. The first-order chi connectivity index (χ1) is 39.4. The Labute approximate surface area is 491 Å². The molecule has 0 radical (unpaired) electrons. The van der Waals surface area contributed by atoms with Crippen molar-refractivity contribution in [1.82, 2.24) is 9.80 Å². The van der Waals surface area contributed by atoms with E-state index in [1.807, 2.05) is 70.5 Å². The maximum absolute atomic E-state index is 13.5. The molecule has 8 aliphatic carbocycles. The van der Waals surface area contributed by atoms with Crippen LogP contribution in [0, 0.1) is 81.8 Å². The van der Waals surface area contributed by atoms with Crippen molar-refractivity contribution in [3.63, 3.8) is 0 Å². The lowest BCUT2D eigenvalue weighted by molar-refractivity contribution is -0.129. The van der Waals surface area contributed by atoms with E-state index in [1.54, 1.807) is 22.3 Å². The second-order valence-electron chi connectivity index (χ2n) is 30.5. The van der Waals surface area contributed by atoms with Gasteiger partial charge in [-0.05, 0) is 211 Å². The number of amides is 2. The number of aliphatic hydroxyl groups is 1. The average Bonchev–Trinajstić information content (AvgIpc) is 3.64. The fraction of sp³-hybridized carbons (Fsp3) is 0.736. The Hall–Kier alpha value is -3.99. The average molecular weight is 1120 g/mol. The highest BCUT2D eigenvalue weighted by Crippen LogP contribution is 2.67. The van der Waals surface area contributed by atoms with Gasteiger partial charge in [0.05, 0.1) is 41.6 Å². The van der Waals surface area contributed by atoms with Crippen LogP contribution in [0.5, 0.6) is 0 Å². The highest BCUT2D eigenvalue weighted by molar-refractivity contribution is 5.79. The van der Waals surface area contributed by atoms with Crippen LogP contribution < -0.4 is 0 Å². The Bertz CT molecular complexity index is 2780. The first-order valence-electron chi connectivity index (χ1n) is 33.2. The van der Waals surface area contributed by atoms with E-state index in [0.29, 0.717) is 65.3 Å². The summed E-state index contributed by atoms with van der Waals surface area (Å²) in [4.78, 5) is 43.4. The van der Waals surface area contributed by atoms with Crippen LogP contribution in [0.25, 0.3) is 0 Å². The molecule has 4 heterocycles. The van der Waals surface area contributed by atoms with E-state index in [0.717, 1.165) is 119 Å². The first kappa shape index (κ1) is 57.1. The molecule has 0 unspecified atom stereocenters. The maximum Gasteiger partial charge on any atom is 0.410 e. The number of benzene rings is 2. The number of carbonyl (C=O) groups excluding carboxylic acids is 3. The summed E-state index contributed by atoms with van der Waals surface area (Å²) in [7, 11) is 0. The van der Waals surface area contributed by atoms with E-state index in [2.05, 4.69) is 55.4 Å². The van der Waals surface area contributed by atoms with E-state index < -0.39 is 0 Å². The fourth-order valence-electron chi connectivity index (χ4n) is 21.9. The van der Waals surface area contributed by atoms with Crippen molar-refractivity contribution in [3.05, 3.63) is 94.1 Å². The van der Waals surface area contributed by atoms with Crippen LogP contribution in [0.1, 0.15) is 195 Å². The van der Waals surface area contributed by atoms with Crippen LogP contribution in [0.4, 0.5) is 9.59 Å². The molecular weight excluding hydrogens is 1020 g/mol. The van der Waals surface area contributed by atoms with Gasteiger partial charge in [-0.3, -0.25) is 4.79 Å². The number of ketones is 1. The highest BCUT2D eigenvalue weighted by Gasteiger charge is 2.63. The van der Waals surface area contributed by atoms with Gasteiger partial charge in [0.25, 0.3) is 0 Å². The number of ether oxygens (including phenoxy) is 4. The third-order valence-corrected chi connectivity index (χ3v) is 26.2. The number of hydrogen-bond donors (Lipinski definition) is 1. The Morgan fingerprint density at radius 2 is 1.05 bits per heavy atom. The second kappa shape index (κ2) is 22.1. The third kappa shape index (κ3) is 9.88. The predicted octanol–water partition coefficient (Wildman–Crippen LogP) is 15.3. The number of carbonyl (C=O) groups is 3. The molecule has 14 rings (SSSR count). The molecule has 0 aromatic heterocycles. The van der Waals surface area contributed by atoms with Crippen LogP contribution in [-0.4, -0.2) is 87.6 Å². The van der Waals surface area contributed by atoms with Crippen LogP contribution in [0.15, 0.2) is 83.0 Å². The molecular formula is C72H100N2O8. The number of aliphatic hydroxyl groups excluding tert-OH is 1. The molecule has 21 atom stereocenters. The van der Waals surface area contributed by atoms with E-state index in [1.165, 1.54) is 57.8 Å². The van der Waals surface area contributed by atoms with Gasteiger partial charge in [0.2, 0.25) is 0 Å². The lowest BCUT2D eigenvalue weighted by Crippen LogP contribution is -2.54. The van der Waals surface area contributed by atoms with Crippen LogP contribution in [-0.2, 0) is 37.0 Å². The summed E-state index contributed by atoms with van der Waals surface area (Å²) in [6.45, 7) is 21.2. The van der Waals surface area contributed by atoms with Gasteiger partial charge in [-0.15, -0.1) is 0 Å². The minimum Gasteiger partial charge on any atom is -0.445 e. The molecule has 10 heteroatoms. The zero-order valence-electron chi connectivity index (χ0n) is 51.3. The molecule has 6 saturated carbocycles. The van der Waals surface area contributed by atoms with Gasteiger partial charge in [-0.1, -0.05) is 124 Å². The van der Waals surface area contributed by atoms with Gasteiger partial charge in [-0.2, -0.15) is 0 Å². The van der Waals surface area contributed by atoms with Crippen molar-refractivity contribution in [2.45, 2.75) is 239 Å². The second-order valence-corrected chi connectivity index (χ2v) is 30.5. The molecule has 10 fully saturated rings. The summed E-state index contributed by atoms with van der Waals surface area (Å²) in [6, 6.07) is 20.1. The number of allylic oxidation sites excluding steroid dienone is 2. The van der Waals surface area contributed by atoms with Crippen molar-refractivity contribution in [1.29, 1.82) is 0 Å². The number of likely N-dealkylation sites (tertiary alicyclic amines) is 2. The molecule has 2 aromatic carbocycles. The topological polar surface area (TPSA) is 115 Å². The first-order valence-corrected chi connectivity index (χ1v) is 33.2. The van der Waals surface area contributed by atoms with Gasteiger partial charge in [0.1, 0.15) is 19.0 Å². The number of hydrogen-bond acceptors (Lipinski definition) is 8. The predicted molar refractivity (Wildman–Crippen MR) is 319 cm³/mol. The number of fused-ring (bicyclic) bond motifs is 12. The number of piperidine rings is 2. The van der Waals surface area contributed by atoms with Gasteiger partial charge < -0.3 is 33.9 Å². The lowest BCUT2D eigenvalue weighted by atomic mass is 9.52. The largest absolute Gasteiger partial charge is 0.445 e. The maximum atomic E-state index is 13.5. The quantitative estimate of drug-likeness (QED) is 0.301. The minimum absolute atomic E-state index is 0.0760. The molecule has 2 aromatic rings. The SMILES string of the molecule is CC1=C2C[C@H]3[C@@H](CC[C@@H]4CC(=O)CC[C@@]43C)[C@@H]2CC[C@@]2(C1)O[C@@H]1C[C@H](C)CN(C(=O)OCc3ccccc3)[C@H]1[C@H]2C.CC1=C2C[C@H]3[C@@H](CC[C@@H]4C[C@@H](O)CC[C@@]43C)[C@@H]2CC[C@@]2(C1)O[C@@H]1C[C@H](C)CN(C(=O)OCc3ccccc3)[C@H]1[C@H]2C. The van der Waals surface area contributed by atoms with E-state index >= 15 is 0 Å². The fourth-order valence-corrected chi connectivity index (χ4v) is 21.9. The Kier molecular flexibility index (Phi) is 15.4. The molecule has 1 N–H and O–H groups in total. The summed E-state index contributed by atoms with van der Waals surface area (Å²) in [6.07, 6.45) is 21.9. The summed E-state index contributed by atoms with van der Waals surface area (Å²) in [5.74, 6) is 7.54. The molecule has 82 heavy (non-hydrogen) atoms. The van der Waals surface area contributed by atoms with Gasteiger partial charge in [0.15, 0.2) is 0 Å². The highest BCUT2D eigenvalue weighted by atomic mass is 16.6. The smallest absolute Gasteiger partial charge is 0.410 e. The number of Topliss-reactive ketones (excluding diaryl/α,β-unsaturated/α-hetero) is 1. The van der Waals surface area contributed by atoms with Crippen molar-refractivity contribution < 1.29 is 38.4 Å². The zero-order valence-corrected chi connectivity index (χ0v) is 51.3. The van der Waals surface area contributed by atoms with Crippen LogP contribution in [0.2, 0.25) is 0 Å². The summed E-state index contributed by atoms with van der Waals surface area (Å²) in [5.41, 5.74) is 9.00. The summed E-state index contributed by atoms with van der Waals surface area (Å²) in [5, 5.41) is 10.4. The third-order valence-electron chi connectivity index (χ3n) is 26.2. The Morgan fingerprint density at radius 1 is 0.585 bits per heavy atom. The van der Waals surface area contributed by atoms with Crippen LogP contribution in [0.3, 0.4) is 0 Å². The van der Waals surface area contributed by atoms with Crippen LogP contribution >= 0.6 is 0 Å². The molecule has 2 amide bonds. The van der Waals surface area contributed by atoms with Crippen molar-refractivity contribution >= 4 is 18.0 Å². The van der Waals surface area contributed by atoms with E-state index in [4.69, 9.17) is 18.9 Å². The Balaban J connectivity index is 0.000000154. The molecule has 10 nitrogen and oxygen atoms in total. The molecule has 12 aliphatic rings. The van der Waals surface area contributed by atoms with E-state index in [-0.39, 0.29) is 65.6 Å². The molecule has 2 spiro atoms. The van der Waals surface area contributed by atoms with Crippen molar-refractivity contribution in [2.24, 2.45) is 81.8 Å². The molecule has 0 bridgehead atoms. The monoisotopic (exact) mass is 1120 g/mol. The number of nitrogens with zero attached hydrogens (tertiary/aromatic N) is 2. The van der Waals surface area contributed by atoms with Gasteiger partial charge in [-0.25, -0.2) is 9.59 Å². The minimum atomic E-state index is -0.202. The normalized spacial score (nSPS) is 44.6. The van der Waals surface area contributed by atoms with Crippen molar-refractivity contribution in [2.75, 3.05) is 13.1 Å². The summed E-state index contributed by atoms with van der Waals surface area (Å²) >= 11 is 0. The standard InChI is InChI=1S/C36H51NO4.C36H49NO4/c2*1-22-16-32-33(37(20-22)34(39)40-21-25-8-6-5-7-9-25)24(3)36(41-32)15-13-28-29-11-10-26-17-27(38)12-14-35(26,4)31(29)18-30(28)23(2)19-36/h5-9,22,24,26-29,31-33,38H,10-21H2,1-4H3;5-9,22,24,26,28-29,31-33H,10-21H2,1-4H3/t22-,24+,26+,27-,28-,29-,31-,32+,33-,35-,36-;22-,24+,26+,28-,29-,31-,32+,33-,35-,36-/m00/s1. The summed E-state index contributed by atoms with van der Waals surface area (Å²) < 4.78 is 26.1. The lowest BCUT2D eigenvalue weighted by Gasteiger charge is -2.53. The van der Waals surface area contributed by atoms with Crippen molar-refractivity contribution in [3.8, 4) is 0 Å². The number of rotatable bonds is 4. The zero-order chi connectivity index (χ0) is 57.0. The molecule has 4 saturated heterocycles.